The molecular formula is C7H5IN2O2. The van der Waals surface area contributed by atoms with Gasteiger partial charge in [0.25, 0.3) is 0 Å². The van der Waals surface area contributed by atoms with Crippen LogP contribution >= 0.6 is 22.6 Å². The summed E-state index contributed by atoms with van der Waals surface area (Å²) < 4.78 is 0.867. The monoisotopic (exact) mass is 276 g/mol. The third-order valence-electron chi connectivity index (χ3n) is 1.14. The summed E-state index contributed by atoms with van der Waals surface area (Å²) in [5, 5.41) is 9.94. The van der Waals surface area contributed by atoms with E-state index in [2.05, 4.69) is 27.6 Å². The summed E-state index contributed by atoms with van der Waals surface area (Å²) in [5.74, 6) is 0. The van der Waals surface area contributed by atoms with Crippen molar-refractivity contribution in [2.45, 2.75) is 0 Å². The molecule has 0 amide bonds. The van der Waals surface area contributed by atoms with Crippen LogP contribution in [-0.4, -0.2) is 9.91 Å². The summed E-state index contributed by atoms with van der Waals surface area (Å²) in [7, 11) is 0. The van der Waals surface area contributed by atoms with Crippen LogP contribution in [0.25, 0.3) is 6.08 Å². The number of pyridine rings is 1. The molecule has 0 bridgehead atoms. The molecule has 12 heavy (non-hydrogen) atoms. The molecule has 0 atom stereocenters. The van der Waals surface area contributed by atoms with Gasteiger partial charge >= 0.3 is 0 Å². The molecule has 0 saturated heterocycles. The second-order valence-electron chi connectivity index (χ2n) is 2.02. The van der Waals surface area contributed by atoms with Crippen LogP contribution in [0.2, 0.25) is 0 Å². The molecule has 1 aromatic rings. The minimum absolute atomic E-state index is 0.502. The van der Waals surface area contributed by atoms with Crippen LogP contribution in [0, 0.1) is 13.8 Å². The highest BCUT2D eigenvalue weighted by Crippen LogP contribution is 2.04. The molecule has 0 N–H and O–H groups in total. The van der Waals surface area contributed by atoms with Crippen molar-refractivity contribution in [2.75, 3.05) is 0 Å². The van der Waals surface area contributed by atoms with Gasteiger partial charge in [-0.05, 0) is 34.2 Å². The SMILES string of the molecule is O=[N+]([O-])C=Cc1ccc(I)nc1. The summed E-state index contributed by atoms with van der Waals surface area (Å²) >= 11 is 2.07. The third kappa shape index (κ3) is 2.95. The molecule has 0 aliphatic carbocycles. The molecular weight excluding hydrogens is 271 g/mol. The lowest BCUT2D eigenvalue weighted by molar-refractivity contribution is -0.400. The van der Waals surface area contributed by atoms with Gasteiger partial charge in [0.2, 0.25) is 6.20 Å². The highest BCUT2D eigenvalue weighted by atomic mass is 127. The molecule has 0 aromatic carbocycles. The molecule has 0 saturated carbocycles. The Morgan fingerprint density at radius 1 is 1.58 bits per heavy atom. The van der Waals surface area contributed by atoms with Crippen molar-refractivity contribution in [3.63, 3.8) is 0 Å². The normalized spacial score (nSPS) is 10.4. The Kier molecular flexibility index (Phi) is 3.15. The Hall–Kier alpha value is -0.980. The van der Waals surface area contributed by atoms with Crippen molar-refractivity contribution in [1.82, 2.24) is 4.98 Å². The molecule has 0 radical (unpaired) electrons. The fourth-order valence-electron chi connectivity index (χ4n) is 0.633. The molecule has 1 heterocycles. The first kappa shape index (κ1) is 9.11. The lowest BCUT2D eigenvalue weighted by atomic mass is 10.3. The maximum atomic E-state index is 9.94. The van der Waals surface area contributed by atoms with E-state index in [-0.39, 0.29) is 0 Å². The van der Waals surface area contributed by atoms with E-state index in [0.717, 1.165) is 15.5 Å². The van der Waals surface area contributed by atoms with Crippen molar-refractivity contribution in [3.05, 3.63) is 43.9 Å². The minimum atomic E-state index is -0.502. The van der Waals surface area contributed by atoms with Crippen molar-refractivity contribution in [1.29, 1.82) is 0 Å². The third-order valence-corrected chi connectivity index (χ3v) is 1.78. The van der Waals surface area contributed by atoms with Gasteiger partial charge in [-0.15, -0.1) is 0 Å². The van der Waals surface area contributed by atoms with Gasteiger partial charge in [0.1, 0.15) is 3.70 Å². The summed E-state index contributed by atoms with van der Waals surface area (Å²) in [6, 6.07) is 3.56. The Bertz CT molecular complexity index is 308. The van der Waals surface area contributed by atoms with Gasteiger partial charge in [0.15, 0.2) is 0 Å². The first-order chi connectivity index (χ1) is 5.68. The summed E-state index contributed by atoms with van der Waals surface area (Å²) in [4.78, 5) is 13.4. The number of aromatic nitrogens is 1. The Morgan fingerprint density at radius 2 is 2.33 bits per heavy atom. The molecule has 1 rings (SSSR count). The van der Waals surface area contributed by atoms with Crippen LogP contribution in [0.3, 0.4) is 0 Å². The average molecular weight is 276 g/mol. The summed E-state index contributed by atoms with van der Waals surface area (Å²) in [6.45, 7) is 0. The van der Waals surface area contributed by atoms with Crippen LogP contribution in [0.5, 0.6) is 0 Å². The Balaban J connectivity index is 2.77. The van der Waals surface area contributed by atoms with E-state index in [9.17, 15) is 10.1 Å². The largest absolute Gasteiger partial charge is 0.259 e. The first-order valence-corrected chi connectivity index (χ1v) is 4.19. The van der Waals surface area contributed by atoms with Crippen LogP contribution in [0.4, 0.5) is 0 Å². The van der Waals surface area contributed by atoms with Gasteiger partial charge in [0.05, 0.1) is 4.92 Å². The van der Waals surface area contributed by atoms with Gasteiger partial charge in [-0.1, -0.05) is 6.07 Å². The van der Waals surface area contributed by atoms with Crippen LogP contribution in [0.1, 0.15) is 5.56 Å². The second-order valence-corrected chi connectivity index (χ2v) is 3.12. The van der Waals surface area contributed by atoms with Gasteiger partial charge in [-0.2, -0.15) is 0 Å². The smallest absolute Gasteiger partial charge is 0.235 e. The number of halogens is 1. The zero-order valence-electron chi connectivity index (χ0n) is 5.98. The van der Waals surface area contributed by atoms with Crippen molar-refractivity contribution < 1.29 is 4.92 Å². The quantitative estimate of drug-likeness (QED) is 0.359. The number of rotatable bonds is 2. The zero-order valence-corrected chi connectivity index (χ0v) is 8.13. The van der Waals surface area contributed by atoms with Crippen LogP contribution < -0.4 is 0 Å². The number of hydrogen-bond acceptors (Lipinski definition) is 3. The van der Waals surface area contributed by atoms with Crippen molar-refractivity contribution >= 4 is 28.7 Å². The average Bonchev–Trinajstić information content (AvgIpc) is 2.03. The molecule has 62 valence electrons. The number of hydrogen-bond donors (Lipinski definition) is 0. The molecule has 0 unspecified atom stereocenters. The first-order valence-electron chi connectivity index (χ1n) is 3.12. The van der Waals surface area contributed by atoms with Gasteiger partial charge in [0, 0.05) is 12.3 Å². The standard InChI is InChI=1S/C7H5IN2O2/c8-7-2-1-6(5-9-7)3-4-10(11)12/h1-5H. The van der Waals surface area contributed by atoms with E-state index in [1.54, 1.807) is 18.3 Å². The Morgan fingerprint density at radius 3 is 2.83 bits per heavy atom. The number of nitrogens with zero attached hydrogens (tertiary/aromatic N) is 2. The molecule has 0 spiro atoms. The van der Waals surface area contributed by atoms with E-state index in [0.29, 0.717) is 0 Å². The molecule has 1 aromatic heterocycles. The summed E-state index contributed by atoms with van der Waals surface area (Å²) in [6.07, 6.45) is 3.88. The van der Waals surface area contributed by atoms with E-state index < -0.39 is 4.92 Å². The van der Waals surface area contributed by atoms with Gasteiger partial charge < -0.3 is 0 Å². The topological polar surface area (TPSA) is 56.0 Å². The lowest BCUT2D eigenvalue weighted by Gasteiger charge is -1.89. The van der Waals surface area contributed by atoms with E-state index in [1.807, 2.05) is 0 Å². The minimum Gasteiger partial charge on any atom is -0.259 e. The zero-order chi connectivity index (χ0) is 8.97. The van der Waals surface area contributed by atoms with E-state index in [4.69, 9.17) is 0 Å². The predicted octanol–water partition coefficient (Wildman–Crippen LogP) is 1.93. The van der Waals surface area contributed by atoms with E-state index >= 15 is 0 Å². The fourth-order valence-corrected chi connectivity index (χ4v) is 0.952. The molecule has 5 heteroatoms. The maximum absolute atomic E-state index is 9.94. The number of nitro groups is 1. The highest BCUT2D eigenvalue weighted by Gasteiger charge is 1.90. The van der Waals surface area contributed by atoms with Crippen LogP contribution in [0.15, 0.2) is 24.5 Å². The molecule has 0 fully saturated rings. The molecule has 4 nitrogen and oxygen atoms in total. The van der Waals surface area contributed by atoms with E-state index in [1.165, 1.54) is 6.08 Å². The van der Waals surface area contributed by atoms with Crippen LogP contribution in [-0.2, 0) is 0 Å². The maximum Gasteiger partial charge on any atom is 0.235 e. The highest BCUT2D eigenvalue weighted by molar-refractivity contribution is 14.1. The Labute approximate surface area is 82.6 Å². The second kappa shape index (κ2) is 4.15. The van der Waals surface area contributed by atoms with Gasteiger partial charge in [-0.25, -0.2) is 4.98 Å². The predicted molar refractivity (Wildman–Crippen MR) is 53.0 cm³/mol. The lowest BCUT2D eigenvalue weighted by Crippen LogP contribution is -1.84. The molecule has 0 aliphatic heterocycles. The van der Waals surface area contributed by atoms with Gasteiger partial charge in [-0.3, -0.25) is 10.1 Å². The molecule has 0 aliphatic rings. The van der Waals surface area contributed by atoms with Crippen molar-refractivity contribution in [3.8, 4) is 0 Å². The fraction of sp³-hybridized carbons (Fsp3) is 0. The van der Waals surface area contributed by atoms with Crippen molar-refractivity contribution in [2.24, 2.45) is 0 Å². The summed E-state index contributed by atoms with van der Waals surface area (Å²) in [5.41, 5.74) is 0.729.